The van der Waals surface area contributed by atoms with Crippen molar-refractivity contribution >= 4 is 23.7 Å². The fourth-order valence-corrected chi connectivity index (χ4v) is 2.28. The van der Waals surface area contributed by atoms with E-state index in [9.17, 15) is 22.4 Å². The van der Waals surface area contributed by atoms with Gasteiger partial charge in [0.25, 0.3) is 5.91 Å². The van der Waals surface area contributed by atoms with Crippen LogP contribution in [0.1, 0.15) is 27.4 Å². The average Bonchev–Trinajstić information content (AvgIpc) is 2.88. The van der Waals surface area contributed by atoms with E-state index < -0.39 is 34.4 Å². The van der Waals surface area contributed by atoms with Gasteiger partial charge in [-0.25, -0.2) is 10.1 Å². The lowest BCUT2D eigenvalue weighted by Gasteiger charge is -2.02. The first-order valence-electron chi connectivity index (χ1n) is 6.36. The summed E-state index contributed by atoms with van der Waals surface area (Å²) in [5.74, 6) is -1.70. The monoisotopic (exact) mass is 366 g/mol. The molecule has 2 aromatic heterocycles. The normalized spacial score (nSPS) is 12.2. The maximum atomic E-state index is 13.7. The molecule has 0 saturated carbocycles. The van der Waals surface area contributed by atoms with Crippen LogP contribution in [-0.2, 0) is 20.3 Å². The number of nitrogens with one attached hydrogen (secondary N) is 1. The molecule has 0 saturated heterocycles. The number of amides is 1. The number of nitrogens with zero attached hydrogens (tertiary/aromatic N) is 5. The number of aryl methyl sites for hydroxylation is 3. The first kappa shape index (κ1) is 17.9. The molecular weight excluding hydrogens is 356 g/mol. The van der Waals surface area contributed by atoms with Crippen LogP contribution in [0.25, 0.3) is 0 Å². The van der Waals surface area contributed by atoms with Gasteiger partial charge < -0.3 is 0 Å². The van der Waals surface area contributed by atoms with Gasteiger partial charge in [-0.3, -0.25) is 9.48 Å². The predicted molar refractivity (Wildman–Crippen MR) is 76.2 cm³/mol. The topological polar surface area (TPSA) is 77.1 Å². The summed E-state index contributed by atoms with van der Waals surface area (Å²) in [4.78, 5) is 11.9. The van der Waals surface area contributed by atoms with E-state index in [1.54, 1.807) is 0 Å². The minimum atomic E-state index is -4.80. The van der Waals surface area contributed by atoms with Crippen LogP contribution in [0.4, 0.5) is 17.6 Å². The molecule has 24 heavy (non-hydrogen) atoms. The van der Waals surface area contributed by atoms with E-state index in [4.69, 9.17) is 11.6 Å². The van der Waals surface area contributed by atoms with Gasteiger partial charge >= 0.3 is 6.18 Å². The van der Waals surface area contributed by atoms with Gasteiger partial charge in [-0.1, -0.05) is 11.6 Å². The van der Waals surface area contributed by atoms with Crippen LogP contribution in [0, 0.1) is 12.9 Å². The van der Waals surface area contributed by atoms with Gasteiger partial charge in [0.1, 0.15) is 10.7 Å². The standard InChI is InChI=1S/C12H11ClF4N6O/c1-5-6(10(14)23(3)20-5)4-18-19-11(24)8-7(13)9(12(15,16)17)21-22(8)2/h4H,1-3H3,(H,19,24)/b18-4+. The molecule has 2 heterocycles. The van der Waals surface area contributed by atoms with Crippen LogP contribution in [0.5, 0.6) is 0 Å². The van der Waals surface area contributed by atoms with E-state index >= 15 is 0 Å². The van der Waals surface area contributed by atoms with E-state index in [1.165, 1.54) is 14.0 Å². The van der Waals surface area contributed by atoms with Gasteiger partial charge in [-0.05, 0) is 6.92 Å². The van der Waals surface area contributed by atoms with Crippen LogP contribution >= 0.6 is 11.6 Å². The molecule has 0 bridgehead atoms. The summed E-state index contributed by atoms with van der Waals surface area (Å²) in [6, 6.07) is 0. The molecule has 130 valence electrons. The number of aromatic nitrogens is 4. The third-order valence-electron chi connectivity index (χ3n) is 3.03. The second-order valence-corrected chi connectivity index (χ2v) is 5.12. The largest absolute Gasteiger partial charge is 0.436 e. The van der Waals surface area contributed by atoms with Crippen molar-refractivity contribution in [1.29, 1.82) is 0 Å². The first-order chi connectivity index (χ1) is 11.0. The number of hydrogen-bond acceptors (Lipinski definition) is 4. The Balaban J connectivity index is 2.22. The maximum Gasteiger partial charge on any atom is 0.436 e. The lowest BCUT2D eigenvalue weighted by atomic mass is 10.3. The number of carbonyl (C=O) groups is 1. The highest BCUT2D eigenvalue weighted by molar-refractivity contribution is 6.34. The highest BCUT2D eigenvalue weighted by Gasteiger charge is 2.39. The lowest BCUT2D eigenvalue weighted by Crippen LogP contribution is -2.21. The highest BCUT2D eigenvalue weighted by atomic mass is 35.5. The molecule has 0 atom stereocenters. The van der Waals surface area contributed by atoms with Gasteiger partial charge in [-0.15, -0.1) is 0 Å². The first-order valence-corrected chi connectivity index (χ1v) is 6.74. The molecule has 2 rings (SSSR count). The Morgan fingerprint density at radius 2 is 1.92 bits per heavy atom. The van der Waals surface area contributed by atoms with Crippen molar-refractivity contribution in [3.63, 3.8) is 0 Å². The molecule has 0 unspecified atom stereocenters. The molecule has 1 amide bonds. The molecule has 0 fully saturated rings. The zero-order valence-corrected chi connectivity index (χ0v) is 13.4. The Morgan fingerprint density at radius 1 is 1.29 bits per heavy atom. The molecule has 0 spiro atoms. The summed E-state index contributed by atoms with van der Waals surface area (Å²) in [5, 5.41) is 9.64. The molecule has 1 N–H and O–H groups in total. The summed E-state index contributed by atoms with van der Waals surface area (Å²) in [6.07, 6.45) is -3.81. The van der Waals surface area contributed by atoms with Crippen molar-refractivity contribution < 1.29 is 22.4 Å². The Kier molecular flexibility index (Phi) is 4.65. The number of carbonyl (C=O) groups excluding carboxylic acids is 1. The SMILES string of the molecule is Cc1nn(C)c(F)c1/C=N/NC(=O)c1c(Cl)c(C(F)(F)F)nn1C. The van der Waals surface area contributed by atoms with E-state index in [1.807, 2.05) is 5.43 Å². The minimum absolute atomic E-state index is 0.0323. The minimum Gasteiger partial charge on any atom is -0.266 e. The van der Waals surface area contributed by atoms with Gasteiger partial charge in [0.05, 0.1) is 17.5 Å². The van der Waals surface area contributed by atoms with Crippen LogP contribution in [-0.4, -0.2) is 31.7 Å². The van der Waals surface area contributed by atoms with Crippen molar-refractivity contribution in [1.82, 2.24) is 25.0 Å². The summed E-state index contributed by atoms with van der Waals surface area (Å²) in [7, 11) is 2.51. The molecule has 0 aliphatic heterocycles. The fraction of sp³-hybridized carbons (Fsp3) is 0.333. The molecule has 0 aliphatic rings. The molecule has 0 radical (unpaired) electrons. The number of hydrazone groups is 1. The van der Waals surface area contributed by atoms with E-state index in [0.717, 1.165) is 17.9 Å². The Morgan fingerprint density at radius 3 is 2.38 bits per heavy atom. The van der Waals surface area contributed by atoms with Gasteiger partial charge in [0.15, 0.2) is 5.69 Å². The van der Waals surface area contributed by atoms with Crippen LogP contribution in [0.15, 0.2) is 5.10 Å². The summed E-state index contributed by atoms with van der Waals surface area (Å²) < 4.78 is 53.4. The molecule has 2 aromatic rings. The second-order valence-electron chi connectivity index (χ2n) is 4.75. The van der Waals surface area contributed by atoms with Gasteiger partial charge in [0.2, 0.25) is 5.95 Å². The van der Waals surface area contributed by atoms with Crippen LogP contribution in [0.3, 0.4) is 0 Å². The Labute approximate surface area is 137 Å². The summed E-state index contributed by atoms with van der Waals surface area (Å²) >= 11 is 5.57. The Hall–Kier alpha value is -2.43. The summed E-state index contributed by atoms with van der Waals surface area (Å²) in [5.41, 5.74) is 0.426. The third-order valence-corrected chi connectivity index (χ3v) is 3.39. The molecule has 0 aromatic carbocycles. The maximum absolute atomic E-state index is 13.7. The smallest absolute Gasteiger partial charge is 0.266 e. The number of halogens is 5. The predicted octanol–water partition coefficient (Wildman–Crippen LogP) is 2.04. The number of rotatable bonds is 3. The van der Waals surface area contributed by atoms with Crippen molar-refractivity contribution in [3.05, 3.63) is 33.6 Å². The van der Waals surface area contributed by atoms with Crippen LogP contribution < -0.4 is 5.43 Å². The molecular formula is C12H11ClF4N6O. The van der Waals surface area contributed by atoms with Crippen molar-refractivity contribution in [3.8, 4) is 0 Å². The average molecular weight is 367 g/mol. The van der Waals surface area contributed by atoms with Gasteiger partial charge in [-0.2, -0.15) is 32.9 Å². The molecule has 12 heteroatoms. The van der Waals surface area contributed by atoms with Gasteiger partial charge in [0, 0.05) is 14.1 Å². The van der Waals surface area contributed by atoms with Crippen LogP contribution in [0.2, 0.25) is 5.02 Å². The van der Waals surface area contributed by atoms with E-state index in [0.29, 0.717) is 10.4 Å². The number of alkyl halides is 3. The lowest BCUT2D eigenvalue weighted by molar-refractivity contribution is -0.141. The molecule has 0 aliphatic carbocycles. The second kappa shape index (κ2) is 6.23. The highest BCUT2D eigenvalue weighted by Crippen LogP contribution is 2.35. The van der Waals surface area contributed by atoms with Crippen molar-refractivity contribution in [2.75, 3.05) is 0 Å². The van der Waals surface area contributed by atoms with Crippen molar-refractivity contribution in [2.45, 2.75) is 13.1 Å². The number of hydrogen-bond donors (Lipinski definition) is 1. The zero-order chi connectivity index (χ0) is 18.2. The van der Waals surface area contributed by atoms with E-state index in [-0.39, 0.29) is 5.56 Å². The third kappa shape index (κ3) is 3.25. The fourth-order valence-electron chi connectivity index (χ4n) is 1.93. The summed E-state index contributed by atoms with van der Waals surface area (Å²) in [6.45, 7) is 1.53. The van der Waals surface area contributed by atoms with Crippen molar-refractivity contribution in [2.24, 2.45) is 19.2 Å². The Bertz CT molecular complexity index is 823. The quantitative estimate of drug-likeness (QED) is 0.513. The zero-order valence-electron chi connectivity index (χ0n) is 12.6. The molecule has 7 nitrogen and oxygen atoms in total. The van der Waals surface area contributed by atoms with E-state index in [2.05, 4.69) is 15.3 Å².